The topological polar surface area (TPSA) is 23.5 Å². The van der Waals surface area contributed by atoms with E-state index in [4.69, 9.17) is 0 Å². The second kappa shape index (κ2) is 5.10. The SMILES string of the molecule is CN(Cc1ccsc1)[C@@H]1CCCC[C@H]1O. The molecule has 0 saturated heterocycles. The molecule has 2 nitrogen and oxygen atoms in total. The van der Waals surface area contributed by atoms with Gasteiger partial charge in [0.25, 0.3) is 0 Å². The molecule has 3 heteroatoms. The summed E-state index contributed by atoms with van der Waals surface area (Å²) >= 11 is 1.74. The van der Waals surface area contributed by atoms with Crippen molar-refractivity contribution in [2.75, 3.05) is 7.05 Å². The summed E-state index contributed by atoms with van der Waals surface area (Å²) in [6.07, 6.45) is 4.43. The Morgan fingerprint density at radius 3 is 2.93 bits per heavy atom. The van der Waals surface area contributed by atoms with Crippen molar-refractivity contribution >= 4 is 11.3 Å². The molecular weight excluding hydrogens is 206 g/mol. The van der Waals surface area contributed by atoms with Crippen LogP contribution in [0.4, 0.5) is 0 Å². The van der Waals surface area contributed by atoms with E-state index >= 15 is 0 Å². The summed E-state index contributed by atoms with van der Waals surface area (Å²) in [7, 11) is 2.12. The molecular formula is C12H19NOS. The fraction of sp³-hybridized carbons (Fsp3) is 0.667. The third kappa shape index (κ3) is 2.80. The van der Waals surface area contributed by atoms with Gasteiger partial charge in [-0.15, -0.1) is 0 Å². The first-order chi connectivity index (χ1) is 7.27. The maximum absolute atomic E-state index is 9.93. The van der Waals surface area contributed by atoms with Crippen LogP contribution < -0.4 is 0 Å². The molecule has 2 atom stereocenters. The smallest absolute Gasteiger partial charge is 0.0695 e. The van der Waals surface area contributed by atoms with E-state index in [1.54, 1.807) is 11.3 Å². The van der Waals surface area contributed by atoms with Crippen LogP contribution in [0.2, 0.25) is 0 Å². The Kier molecular flexibility index (Phi) is 3.78. The van der Waals surface area contributed by atoms with Gasteiger partial charge in [-0.3, -0.25) is 4.90 Å². The number of nitrogens with zero attached hydrogens (tertiary/aromatic N) is 1. The summed E-state index contributed by atoms with van der Waals surface area (Å²) in [4.78, 5) is 2.30. The number of aliphatic hydroxyl groups is 1. The van der Waals surface area contributed by atoms with E-state index in [1.807, 2.05) is 0 Å². The normalized spacial score (nSPS) is 27.1. The molecule has 1 aliphatic carbocycles. The molecule has 0 aromatic carbocycles. The largest absolute Gasteiger partial charge is 0.391 e. The van der Waals surface area contributed by atoms with Gasteiger partial charge in [0.1, 0.15) is 0 Å². The van der Waals surface area contributed by atoms with Gasteiger partial charge >= 0.3 is 0 Å². The second-order valence-electron chi connectivity index (χ2n) is 4.47. The summed E-state index contributed by atoms with van der Waals surface area (Å²) in [5.41, 5.74) is 1.36. The van der Waals surface area contributed by atoms with Crippen LogP contribution in [0.25, 0.3) is 0 Å². The zero-order valence-corrected chi connectivity index (χ0v) is 10.0. The van der Waals surface area contributed by atoms with Crippen LogP contribution >= 0.6 is 11.3 Å². The molecule has 15 heavy (non-hydrogen) atoms. The number of likely N-dealkylation sites (N-methyl/N-ethyl adjacent to an activating group) is 1. The molecule has 1 aromatic rings. The third-order valence-electron chi connectivity index (χ3n) is 3.27. The molecule has 2 rings (SSSR count). The van der Waals surface area contributed by atoms with E-state index in [2.05, 4.69) is 28.8 Å². The lowest BCUT2D eigenvalue weighted by Gasteiger charge is -2.35. The van der Waals surface area contributed by atoms with Crippen molar-refractivity contribution in [3.63, 3.8) is 0 Å². The molecule has 1 aromatic heterocycles. The highest BCUT2D eigenvalue weighted by Crippen LogP contribution is 2.23. The first-order valence-electron chi connectivity index (χ1n) is 5.67. The van der Waals surface area contributed by atoms with Crippen LogP contribution in [0.5, 0.6) is 0 Å². The lowest BCUT2D eigenvalue weighted by molar-refractivity contribution is 0.0289. The predicted octanol–water partition coefficient (Wildman–Crippen LogP) is 2.48. The van der Waals surface area contributed by atoms with Crippen molar-refractivity contribution in [3.8, 4) is 0 Å². The van der Waals surface area contributed by atoms with Gasteiger partial charge in [-0.25, -0.2) is 0 Å². The highest BCUT2D eigenvalue weighted by atomic mass is 32.1. The zero-order valence-electron chi connectivity index (χ0n) is 9.22. The molecule has 0 bridgehead atoms. The lowest BCUT2D eigenvalue weighted by Crippen LogP contribution is -2.42. The van der Waals surface area contributed by atoms with E-state index < -0.39 is 0 Å². The van der Waals surface area contributed by atoms with Gasteiger partial charge < -0.3 is 5.11 Å². The number of aliphatic hydroxyl groups excluding tert-OH is 1. The van der Waals surface area contributed by atoms with Crippen molar-refractivity contribution in [2.45, 2.75) is 44.4 Å². The quantitative estimate of drug-likeness (QED) is 0.854. The fourth-order valence-electron chi connectivity index (χ4n) is 2.39. The highest BCUT2D eigenvalue weighted by molar-refractivity contribution is 7.07. The highest BCUT2D eigenvalue weighted by Gasteiger charge is 2.26. The Morgan fingerprint density at radius 1 is 1.47 bits per heavy atom. The Labute approximate surface area is 95.5 Å². The molecule has 1 fully saturated rings. The van der Waals surface area contributed by atoms with E-state index in [1.165, 1.54) is 18.4 Å². The molecule has 0 unspecified atom stereocenters. The molecule has 0 aliphatic heterocycles. The number of hydrogen-bond acceptors (Lipinski definition) is 3. The Morgan fingerprint density at radius 2 is 2.27 bits per heavy atom. The van der Waals surface area contributed by atoms with Gasteiger partial charge in [-0.05, 0) is 42.3 Å². The molecule has 0 spiro atoms. The second-order valence-corrected chi connectivity index (χ2v) is 5.25. The maximum atomic E-state index is 9.93. The minimum atomic E-state index is -0.123. The number of hydrogen-bond donors (Lipinski definition) is 1. The molecule has 1 N–H and O–H groups in total. The van der Waals surface area contributed by atoms with Gasteiger partial charge in [-0.2, -0.15) is 11.3 Å². The Balaban J connectivity index is 1.91. The average Bonchev–Trinajstić information content (AvgIpc) is 2.71. The fourth-order valence-corrected chi connectivity index (χ4v) is 3.05. The van der Waals surface area contributed by atoms with Crippen molar-refractivity contribution in [3.05, 3.63) is 22.4 Å². The number of rotatable bonds is 3. The van der Waals surface area contributed by atoms with E-state index in [-0.39, 0.29) is 6.10 Å². The van der Waals surface area contributed by atoms with Crippen molar-refractivity contribution in [1.29, 1.82) is 0 Å². The summed E-state index contributed by atoms with van der Waals surface area (Å²) in [5, 5.41) is 14.2. The predicted molar refractivity (Wildman–Crippen MR) is 64.0 cm³/mol. The van der Waals surface area contributed by atoms with Gasteiger partial charge in [0.15, 0.2) is 0 Å². The van der Waals surface area contributed by atoms with E-state index in [0.29, 0.717) is 6.04 Å². The van der Waals surface area contributed by atoms with E-state index in [9.17, 15) is 5.11 Å². The van der Waals surface area contributed by atoms with Crippen molar-refractivity contribution in [1.82, 2.24) is 4.90 Å². The van der Waals surface area contributed by atoms with Crippen LogP contribution in [0, 0.1) is 0 Å². The van der Waals surface area contributed by atoms with E-state index in [0.717, 1.165) is 19.4 Å². The van der Waals surface area contributed by atoms with Crippen LogP contribution in [-0.2, 0) is 6.54 Å². The zero-order chi connectivity index (χ0) is 10.7. The maximum Gasteiger partial charge on any atom is 0.0695 e. The van der Waals surface area contributed by atoms with Gasteiger partial charge in [0, 0.05) is 12.6 Å². The summed E-state index contributed by atoms with van der Waals surface area (Å²) in [6.45, 7) is 0.964. The molecule has 84 valence electrons. The van der Waals surface area contributed by atoms with Crippen LogP contribution in [0.3, 0.4) is 0 Å². The summed E-state index contributed by atoms with van der Waals surface area (Å²) in [6, 6.07) is 2.52. The summed E-state index contributed by atoms with van der Waals surface area (Å²) < 4.78 is 0. The molecule has 1 aliphatic rings. The molecule has 0 radical (unpaired) electrons. The van der Waals surface area contributed by atoms with Crippen LogP contribution in [0.15, 0.2) is 16.8 Å². The van der Waals surface area contributed by atoms with Gasteiger partial charge in [0.2, 0.25) is 0 Å². The van der Waals surface area contributed by atoms with Crippen LogP contribution in [0.1, 0.15) is 31.2 Å². The molecule has 0 amide bonds. The monoisotopic (exact) mass is 225 g/mol. The number of thiophene rings is 1. The standard InChI is InChI=1S/C12H19NOS/c1-13(8-10-6-7-15-9-10)11-4-2-3-5-12(11)14/h6-7,9,11-12,14H,2-5,8H2,1H3/t11-,12-/m1/s1. The van der Waals surface area contributed by atoms with Crippen molar-refractivity contribution in [2.24, 2.45) is 0 Å². The third-order valence-corrected chi connectivity index (χ3v) is 4.00. The molecule has 1 heterocycles. The first kappa shape index (κ1) is 11.1. The van der Waals surface area contributed by atoms with Gasteiger partial charge in [0.05, 0.1) is 6.10 Å². The van der Waals surface area contributed by atoms with Crippen LogP contribution in [-0.4, -0.2) is 29.2 Å². The average molecular weight is 225 g/mol. The Bertz CT molecular complexity index is 286. The minimum Gasteiger partial charge on any atom is -0.391 e. The lowest BCUT2D eigenvalue weighted by atomic mass is 9.91. The van der Waals surface area contributed by atoms with Gasteiger partial charge in [-0.1, -0.05) is 12.8 Å². The molecule has 1 saturated carbocycles. The summed E-state index contributed by atoms with van der Waals surface area (Å²) in [5.74, 6) is 0. The Hall–Kier alpha value is -0.380. The minimum absolute atomic E-state index is 0.123. The first-order valence-corrected chi connectivity index (χ1v) is 6.61. The van der Waals surface area contributed by atoms with Crippen molar-refractivity contribution < 1.29 is 5.11 Å².